The van der Waals surface area contributed by atoms with Crippen LogP contribution in [0.2, 0.25) is 0 Å². The van der Waals surface area contributed by atoms with Crippen LogP contribution in [0.15, 0.2) is 36.4 Å². The summed E-state index contributed by atoms with van der Waals surface area (Å²) < 4.78 is 0. The van der Waals surface area contributed by atoms with Crippen molar-refractivity contribution in [3.8, 4) is 0 Å². The SMILES string of the molecule is Cc1ccc(C(N)c2ccc(C)c(C)c2)c(C)c1. The molecule has 0 heterocycles. The second-order valence-corrected chi connectivity index (χ2v) is 5.18. The van der Waals surface area contributed by atoms with Gasteiger partial charge >= 0.3 is 0 Å². The summed E-state index contributed by atoms with van der Waals surface area (Å²) in [6, 6.07) is 12.9. The van der Waals surface area contributed by atoms with Gasteiger partial charge in [-0.05, 0) is 55.5 Å². The van der Waals surface area contributed by atoms with Crippen LogP contribution in [-0.4, -0.2) is 0 Å². The number of benzene rings is 2. The highest BCUT2D eigenvalue weighted by molar-refractivity contribution is 5.40. The maximum Gasteiger partial charge on any atom is 0.0554 e. The standard InChI is InChI=1S/C17H21N/c1-11-5-8-16(14(4)9-11)17(18)15-7-6-12(2)13(3)10-15/h5-10,17H,18H2,1-4H3. The van der Waals surface area contributed by atoms with E-state index in [2.05, 4.69) is 64.1 Å². The van der Waals surface area contributed by atoms with Gasteiger partial charge in [-0.3, -0.25) is 0 Å². The lowest BCUT2D eigenvalue weighted by Crippen LogP contribution is -2.13. The molecule has 2 N–H and O–H groups in total. The van der Waals surface area contributed by atoms with E-state index in [4.69, 9.17) is 5.73 Å². The van der Waals surface area contributed by atoms with Gasteiger partial charge in [0.2, 0.25) is 0 Å². The fraction of sp³-hybridized carbons (Fsp3) is 0.294. The summed E-state index contributed by atoms with van der Waals surface area (Å²) >= 11 is 0. The van der Waals surface area contributed by atoms with Crippen LogP contribution in [0.5, 0.6) is 0 Å². The Morgan fingerprint density at radius 1 is 0.778 bits per heavy atom. The Morgan fingerprint density at radius 3 is 2.11 bits per heavy atom. The van der Waals surface area contributed by atoms with Crippen LogP contribution >= 0.6 is 0 Å². The van der Waals surface area contributed by atoms with E-state index in [1.807, 2.05) is 0 Å². The third-order valence-electron chi connectivity index (χ3n) is 3.65. The van der Waals surface area contributed by atoms with Gasteiger partial charge < -0.3 is 5.73 Å². The van der Waals surface area contributed by atoms with Gasteiger partial charge in [0.25, 0.3) is 0 Å². The molecule has 0 saturated carbocycles. The lowest BCUT2D eigenvalue weighted by atomic mass is 9.93. The molecule has 94 valence electrons. The molecule has 0 aromatic heterocycles. The molecule has 1 unspecified atom stereocenters. The monoisotopic (exact) mass is 239 g/mol. The fourth-order valence-corrected chi connectivity index (χ4v) is 2.31. The summed E-state index contributed by atoms with van der Waals surface area (Å²) in [5.41, 5.74) is 13.9. The zero-order valence-electron chi connectivity index (χ0n) is 11.6. The van der Waals surface area contributed by atoms with E-state index >= 15 is 0 Å². The Balaban J connectivity index is 2.41. The summed E-state index contributed by atoms with van der Waals surface area (Å²) in [7, 11) is 0. The van der Waals surface area contributed by atoms with E-state index in [9.17, 15) is 0 Å². The van der Waals surface area contributed by atoms with Gasteiger partial charge in [0.1, 0.15) is 0 Å². The highest BCUT2D eigenvalue weighted by atomic mass is 14.6. The molecule has 0 saturated heterocycles. The van der Waals surface area contributed by atoms with Crippen LogP contribution in [0.25, 0.3) is 0 Å². The van der Waals surface area contributed by atoms with Crippen molar-refractivity contribution in [1.29, 1.82) is 0 Å². The highest BCUT2D eigenvalue weighted by Gasteiger charge is 2.11. The van der Waals surface area contributed by atoms with E-state index in [1.165, 1.54) is 33.4 Å². The molecular weight excluding hydrogens is 218 g/mol. The normalized spacial score (nSPS) is 12.5. The lowest BCUT2D eigenvalue weighted by Gasteiger charge is -2.17. The second-order valence-electron chi connectivity index (χ2n) is 5.18. The first-order valence-corrected chi connectivity index (χ1v) is 6.39. The molecule has 0 fully saturated rings. The Labute approximate surface area is 110 Å². The molecule has 1 nitrogen and oxygen atoms in total. The van der Waals surface area contributed by atoms with Crippen molar-refractivity contribution in [3.05, 3.63) is 69.8 Å². The molecule has 1 atom stereocenters. The molecule has 2 aromatic rings. The van der Waals surface area contributed by atoms with Crippen LogP contribution in [0.3, 0.4) is 0 Å². The van der Waals surface area contributed by atoms with Gasteiger partial charge in [-0.2, -0.15) is 0 Å². The molecule has 2 rings (SSSR count). The van der Waals surface area contributed by atoms with Crippen molar-refractivity contribution >= 4 is 0 Å². The zero-order chi connectivity index (χ0) is 13.3. The van der Waals surface area contributed by atoms with Crippen molar-refractivity contribution < 1.29 is 0 Å². The Hall–Kier alpha value is -1.60. The minimum atomic E-state index is -0.0371. The summed E-state index contributed by atoms with van der Waals surface area (Å²) in [6.07, 6.45) is 0. The summed E-state index contributed by atoms with van der Waals surface area (Å²) in [6.45, 7) is 8.50. The topological polar surface area (TPSA) is 26.0 Å². The third-order valence-corrected chi connectivity index (χ3v) is 3.65. The Kier molecular flexibility index (Phi) is 3.53. The van der Waals surface area contributed by atoms with Gasteiger partial charge in [0, 0.05) is 0 Å². The minimum absolute atomic E-state index is 0.0371. The summed E-state index contributed by atoms with van der Waals surface area (Å²) in [5.74, 6) is 0. The van der Waals surface area contributed by atoms with E-state index < -0.39 is 0 Å². The molecule has 0 aliphatic carbocycles. The molecule has 0 amide bonds. The first kappa shape index (κ1) is 12.8. The summed E-state index contributed by atoms with van der Waals surface area (Å²) in [5, 5.41) is 0. The average molecular weight is 239 g/mol. The van der Waals surface area contributed by atoms with Crippen molar-refractivity contribution in [2.75, 3.05) is 0 Å². The molecule has 0 radical (unpaired) electrons. The fourth-order valence-electron chi connectivity index (χ4n) is 2.31. The number of hydrogen-bond acceptors (Lipinski definition) is 1. The van der Waals surface area contributed by atoms with Crippen molar-refractivity contribution in [1.82, 2.24) is 0 Å². The molecular formula is C17H21N. The maximum atomic E-state index is 6.39. The first-order valence-electron chi connectivity index (χ1n) is 6.39. The van der Waals surface area contributed by atoms with Crippen molar-refractivity contribution in [2.45, 2.75) is 33.7 Å². The number of nitrogens with two attached hydrogens (primary N) is 1. The molecule has 0 aliphatic heterocycles. The second kappa shape index (κ2) is 4.95. The number of rotatable bonds is 2. The molecule has 1 heteroatoms. The number of hydrogen-bond donors (Lipinski definition) is 1. The van der Waals surface area contributed by atoms with Gasteiger partial charge in [-0.25, -0.2) is 0 Å². The predicted octanol–water partition coefficient (Wildman–Crippen LogP) is 3.97. The van der Waals surface area contributed by atoms with E-state index in [0.717, 1.165) is 0 Å². The smallest absolute Gasteiger partial charge is 0.0554 e. The quantitative estimate of drug-likeness (QED) is 0.843. The Bertz CT molecular complexity index is 570. The molecule has 0 aliphatic rings. The van der Waals surface area contributed by atoms with Crippen LogP contribution in [0.4, 0.5) is 0 Å². The first-order chi connectivity index (χ1) is 8.49. The molecule has 2 aromatic carbocycles. The number of aryl methyl sites for hydroxylation is 4. The lowest BCUT2D eigenvalue weighted by molar-refractivity contribution is 0.858. The van der Waals surface area contributed by atoms with E-state index in [-0.39, 0.29) is 6.04 Å². The minimum Gasteiger partial charge on any atom is -0.320 e. The predicted molar refractivity (Wildman–Crippen MR) is 77.9 cm³/mol. The highest BCUT2D eigenvalue weighted by Crippen LogP contribution is 2.24. The van der Waals surface area contributed by atoms with Gasteiger partial charge in [0.05, 0.1) is 6.04 Å². The van der Waals surface area contributed by atoms with Crippen LogP contribution in [0, 0.1) is 27.7 Å². The van der Waals surface area contributed by atoms with E-state index in [0.29, 0.717) is 0 Å². The Morgan fingerprint density at radius 2 is 1.50 bits per heavy atom. The maximum absolute atomic E-state index is 6.39. The van der Waals surface area contributed by atoms with Crippen molar-refractivity contribution in [2.24, 2.45) is 5.73 Å². The van der Waals surface area contributed by atoms with Crippen LogP contribution in [-0.2, 0) is 0 Å². The zero-order valence-corrected chi connectivity index (χ0v) is 11.6. The van der Waals surface area contributed by atoms with Gasteiger partial charge in [0.15, 0.2) is 0 Å². The van der Waals surface area contributed by atoms with Crippen LogP contribution < -0.4 is 5.73 Å². The molecule has 0 bridgehead atoms. The summed E-state index contributed by atoms with van der Waals surface area (Å²) in [4.78, 5) is 0. The molecule has 18 heavy (non-hydrogen) atoms. The average Bonchev–Trinajstić information content (AvgIpc) is 2.32. The third kappa shape index (κ3) is 2.46. The van der Waals surface area contributed by atoms with E-state index in [1.54, 1.807) is 0 Å². The van der Waals surface area contributed by atoms with Gasteiger partial charge in [-0.15, -0.1) is 0 Å². The molecule has 0 spiro atoms. The van der Waals surface area contributed by atoms with Gasteiger partial charge in [-0.1, -0.05) is 42.0 Å². The van der Waals surface area contributed by atoms with Crippen molar-refractivity contribution in [3.63, 3.8) is 0 Å². The largest absolute Gasteiger partial charge is 0.320 e. The van der Waals surface area contributed by atoms with Crippen LogP contribution in [0.1, 0.15) is 39.4 Å².